The Balaban J connectivity index is 1.76. The molecule has 0 saturated carbocycles. The van der Waals surface area contributed by atoms with Crippen LogP contribution in [0.5, 0.6) is 0 Å². The average molecular weight is 598 g/mol. The van der Waals surface area contributed by atoms with E-state index in [1.165, 1.54) is 0 Å². The van der Waals surface area contributed by atoms with Crippen molar-refractivity contribution in [2.24, 2.45) is 0 Å². The molecule has 0 aliphatic carbocycles. The van der Waals surface area contributed by atoms with Gasteiger partial charge in [0.25, 0.3) is 0 Å². The van der Waals surface area contributed by atoms with Crippen LogP contribution in [0.4, 0.5) is 17.6 Å². The summed E-state index contributed by atoms with van der Waals surface area (Å²) in [6, 6.07) is 6.67. The summed E-state index contributed by atoms with van der Waals surface area (Å²) in [5.41, 5.74) is -1.93. The first-order chi connectivity index (χ1) is 17.6. The maximum Gasteiger partial charge on any atom is 0.416 e. The Kier molecular flexibility index (Phi) is 9.73. The molecule has 1 aliphatic rings. The SMILES string of the molecule is CC(CCN1CCC(NS(C)(=O)=O)CC1)(C(=O)NCc1cc(C(F)(F)F)ccc1F)c1ccc(Cl)c(Cl)c1. The van der Waals surface area contributed by atoms with Gasteiger partial charge in [0.1, 0.15) is 5.82 Å². The van der Waals surface area contributed by atoms with Crippen molar-refractivity contribution in [1.82, 2.24) is 14.9 Å². The van der Waals surface area contributed by atoms with Crippen LogP contribution in [0.25, 0.3) is 0 Å². The van der Waals surface area contributed by atoms with Crippen molar-refractivity contribution in [3.8, 4) is 0 Å². The Morgan fingerprint density at radius 2 is 1.68 bits per heavy atom. The Morgan fingerprint density at radius 3 is 2.26 bits per heavy atom. The fraction of sp³-hybridized carbons (Fsp3) is 0.480. The molecule has 2 aromatic carbocycles. The number of amides is 1. The molecule has 1 heterocycles. The van der Waals surface area contributed by atoms with Gasteiger partial charge in [-0.2, -0.15) is 13.2 Å². The van der Waals surface area contributed by atoms with Gasteiger partial charge in [0.2, 0.25) is 15.9 Å². The minimum atomic E-state index is -4.65. The number of nitrogens with zero attached hydrogens (tertiary/aromatic N) is 1. The van der Waals surface area contributed by atoms with Crippen molar-refractivity contribution in [1.29, 1.82) is 0 Å². The molecule has 1 fully saturated rings. The number of benzene rings is 2. The van der Waals surface area contributed by atoms with E-state index in [0.717, 1.165) is 12.3 Å². The van der Waals surface area contributed by atoms with Crippen LogP contribution in [0.1, 0.15) is 42.9 Å². The van der Waals surface area contributed by atoms with E-state index in [1.54, 1.807) is 25.1 Å². The van der Waals surface area contributed by atoms with Crippen molar-refractivity contribution >= 4 is 39.1 Å². The van der Waals surface area contributed by atoms with E-state index in [2.05, 4.69) is 14.9 Å². The third kappa shape index (κ3) is 8.05. The highest BCUT2D eigenvalue weighted by molar-refractivity contribution is 7.88. The Hall–Kier alpha value is -1.92. The number of carbonyl (C=O) groups excluding carboxylic acids is 1. The van der Waals surface area contributed by atoms with Crippen LogP contribution in [-0.2, 0) is 33.0 Å². The number of hydrogen-bond acceptors (Lipinski definition) is 4. The maximum atomic E-state index is 14.3. The minimum Gasteiger partial charge on any atom is -0.351 e. The first-order valence-electron chi connectivity index (χ1n) is 11.9. The summed E-state index contributed by atoms with van der Waals surface area (Å²) < 4.78 is 79.1. The highest BCUT2D eigenvalue weighted by atomic mass is 35.5. The summed E-state index contributed by atoms with van der Waals surface area (Å²) in [5, 5.41) is 3.13. The number of hydrogen-bond donors (Lipinski definition) is 2. The number of rotatable bonds is 9. The summed E-state index contributed by atoms with van der Waals surface area (Å²) in [5.74, 6) is -1.37. The highest BCUT2D eigenvalue weighted by Crippen LogP contribution is 2.34. The maximum absolute atomic E-state index is 14.3. The zero-order chi connectivity index (χ0) is 28.3. The highest BCUT2D eigenvalue weighted by Gasteiger charge is 2.37. The summed E-state index contributed by atoms with van der Waals surface area (Å²) >= 11 is 12.3. The summed E-state index contributed by atoms with van der Waals surface area (Å²) in [6.07, 6.45) is -2.00. The number of likely N-dealkylation sites (tertiary alicyclic amines) is 1. The third-order valence-electron chi connectivity index (χ3n) is 6.77. The van der Waals surface area contributed by atoms with Gasteiger partial charge < -0.3 is 10.2 Å². The Morgan fingerprint density at radius 1 is 1.05 bits per heavy atom. The lowest BCUT2D eigenvalue weighted by atomic mass is 9.78. The van der Waals surface area contributed by atoms with Crippen LogP contribution in [0.3, 0.4) is 0 Å². The molecular formula is C25H29Cl2F4N3O3S. The predicted octanol–water partition coefficient (Wildman–Crippen LogP) is 5.13. The first-order valence-corrected chi connectivity index (χ1v) is 14.5. The third-order valence-corrected chi connectivity index (χ3v) is 8.27. The normalized spacial score (nSPS) is 17.3. The summed E-state index contributed by atoms with van der Waals surface area (Å²) in [7, 11) is -3.31. The van der Waals surface area contributed by atoms with Gasteiger partial charge in [0.15, 0.2) is 0 Å². The van der Waals surface area contributed by atoms with Crippen LogP contribution in [0.2, 0.25) is 10.0 Å². The van der Waals surface area contributed by atoms with Crippen LogP contribution in [-0.4, -0.2) is 51.2 Å². The number of piperidine rings is 1. The van der Waals surface area contributed by atoms with Gasteiger partial charge in [-0.1, -0.05) is 29.3 Å². The molecule has 1 saturated heterocycles. The minimum absolute atomic E-state index is 0.159. The van der Waals surface area contributed by atoms with Crippen molar-refractivity contribution in [3.05, 3.63) is 69.0 Å². The second-order valence-corrected chi connectivity index (χ2v) is 12.3. The van der Waals surface area contributed by atoms with Gasteiger partial charge in [-0.15, -0.1) is 0 Å². The fourth-order valence-electron chi connectivity index (χ4n) is 4.44. The lowest BCUT2D eigenvalue weighted by Gasteiger charge is -2.35. The van der Waals surface area contributed by atoms with Gasteiger partial charge >= 0.3 is 6.18 Å². The van der Waals surface area contributed by atoms with Gasteiger partial charge in [0.05, 0.1) is 27.3 Å². The molecule has 0 spiro atoms. The largest absolute Gasteiger partial charge is 0.416 e. The summed E-state index contributed by atoms with van der Waals surface area (Å²) in [4.78, 5) is 15.6. The van der Waals surface area contributed by atoms with Crippen molar-refractivity contribution in [2.45, 2.75) is 50.4 Å². The Bertz CT molecular complexity index is 1270. The predicted molar refractivity (Wildman–Crippen MR) is 139 cm³/mol. The molecule has 38 heavy (non-hydrogen) atoms. The molecule has 6 nitrogen and oxygen atoms in total. The molecule has 1 amide bonds. The summed E-state index contributed by atoms with van der Waals surface area (Å²) in [6.45, 7) is 2.95. The number of nitrogens with one attached hydrogen (secondary N) is 2. The van der Waals surface area contributed by atoms with E-state index in [9.17, 15) is 30.8 Å². The lowest BCUT2D eigenvalue weighted by Crippen LogP contribution is -2.47. The molecule has 210 valence electrons. The Labute approximate surface area is 229 Å². The van der Waals surface area contributed by atoms with E-state index in [4.69, 9.17) is 23.2 Å². The topological polar surface area (TPSA) is 78.5 Å². The number of alkyl halides is 3. The molecule has 0 radical (unpaired) electrons. The van der Waals surface area contributed by atoms with E-state index in [1.807, 2.05) is 0 Å². The quantitative estimate of drug-likeness (QED) is 0.393. The molecule has 1 atom stereocenters. The van der Waals surface area contributed by atoms with E-state index in [-0.39, 0.29) is 16.6 Å². The zero-order valence-electron chi connectivity index (χ0n) is 20.8. The molecule has 0 bridgehead atoms. The van der Waals surface area contributed by atoms with Gasteiger partial charge in [-0.3, -0.25) is 4.79 Å². The van der Waals surface area contributed by atoms with Crippen LogP contribution in [0, 0.1) is 5.82 Å². The average Bonchev–Trinajstić information content (AvgIpc) is 2.82. The monoisotopic (exact) mass is 597 g/mol. The molecule has 2 N–H and O–H groups in total. The number of carbonyl (C=O) groups is 1. The van der Waals surface area contributed by atoms with Crippen LogP contribution in [0.15, 0.2) is 36.4 Å². The fourth-order valence-corrected chi connectivity index (χ4v) is 5.58. The van der Waals surface area contributed by atoms with Crippen molar-refractivity contribution in [2.75, 3.05) is 25.9 Å². The molecule has 13 heteroatoms. The van der Waals surface area contributed by atoms with Crippen molar-refractivity contribution in [3.63, 3.8) is 0 Å². The van der Waals surface area contributed by atoms with E-state index >= 15 is 0 Å². The molecule has 1 aliphatic heterocycles. The zero-order valence-corrected chi connectivity index (χ0v) is 23.2. The van der Waals surface area contributed by atoms with Gasteiger partial charge in [0, 0.05) is 18.2 Å². The second-order valence-electron chi connectivity index (χ2n) is 9.70. The van der Waals surface area contributed by atoms with E-state index in [0.29, 0.717) is 61.6 Å². The number of halogens is 6. The van der Waals surface area contributed by atoms with Crippen molar-refractivity contribution < 1.29 is 30.8 Å². The lowest BCUT2D eigenvalue weighted by molar-refractivity contribution is -0.137. The first kappa shape index (κ1) is 30.6. The molecular weight excluding hydrogens is 569 g/mol. The molecule has 1 unspecified atom stereocenters. The standard InChI is InChI=1S/C25H29Cl2F4N3O3S/c1-24(17-3-5-20(26)21(27)14-17,9-12-34-10-7-19(8-11-34)33-38(2,36)37)23(35)32-15-16-13-18(25(29,30)31)4-6-22(16)28/h3-6,13-14,19,33H,7-12,15H2,1-2H3,(H,32,35). The van der Waals surface area contributed by atoms with Gasteiger partial charge in [-0.25, -0.2) is 17.5 Å². The van der Waals surface area contributed by atoms with Gasteiger partial charge in [-0.05, 0) is 81.7 Å². The molecule has 2 aromatic rings. The van der Waals surface area contributed by atoms with Crippen LogP contribution < -0.4 is 10.0 Å². The van der Waals surface area contributed by atoms with Crippen LogP contribution >= 0.6 is 23.2 Å². The number of sulfonamides is 1. The van der Waals surface area contributed by atoms with E-state index < -0.39 is 45.4 Å². The molecule has 0 aromatic heterocycles. The molecule has 3 rings (SSSR count). The smallest absolute Gasteiger partial charge is 0.351 e. The second kappa shape index (κ2) is 12.1.